The van der Waals surface area contributed by atoms with E-state index in [1.165, 1.54) is 5.69 Å². The zero-order valence-electron chi connectivity index (χ0n) is 14.2. The molecule has 0 unspecified atom stereocenters. The Morgan fingerprint density at radius 1 is 1.14 bits per heavy atom. The van der Waals surface area contributed by atoms with Crippen LogP contribution in [0.2, 0.25) is 0 Å². The van der Waals surface area contributed by atoms with Crippen molar-refractivity contribution in [2.24, 2.45) is 0 Å². The second kappa shape index (κ2) is 6.69. The van der Waals surface area contributed by atoms with Gasteiger partial charge in [-0.2, -0.15) is 0 Å². The molecule has 1 aliphatic rings. The number of aliphatic carboxylic acids is 1. The number of piperazine rings is 1. The van der Waals surface area contributed by atoms with Crippen molar-refractivity contribution in [3.8, 4) is 0 Å². The molecule has 0 aromatic heterocycles. The largest absolute Gasteiger partial charge is 0.481 e. The highest BCUT2D eigenvalue weighted by Gasteiger charge is 2.24. The van der Waals surface area contributed by atoms with E-state index in [-0.39, 0.29) is 11.8 Å². The lowest BCUT2D eigenvalue weighted by atomic mass is 9.81. The van der Waals surface area contributed by atoms with Crippen LogP contribution in [0, 0.1) is 0 Å². The van der Waals surface area contributed by atoms with Crippen LogP contribution in [0.25, 0.3) is 0 Å². The van der Waals surface area contributed by atoms with E-state index in [1.54, 1.807) is 0 Å². The Kier molecular flexibility index (Phi) is 5.12. The highest BCUT2D eigenvalue weighted by atomic mass is 16.4. The average Bonchev–Trinajstić information content (AvgIpc) is 2.46. The molecule has 1 aliphatic heterocycles. The summed E-state index contributed by atoms with van der Waals surface area (Å²) >= 11 is 0. The highest BCUT2D eigenvalue weighted by molar-refractivity contribution is 5.69. The average molecular weight is 304 g/mol. The van der Waals surface area contributed by atoms with Crippen molar-refractivity contribution < 1.29 is 9.90 Å². The summed E-state index contributed by atoms with van der Waals surface area (Å²) in [4.78, 5) is 15.9. The summed E-state index contributed by atoms with van der Waals surface area (Å²) in [5.74, 6) is -0.751. The van der Waals surface area contributed by atoms with Crippen LogP contribution in [0.3, 0.4) is 0 Å². The molecule has 0 saturated carbocycles. The molecule has 1 N–H and O–H groups in total. The van der Waals surface area contributed by atoms with E-state index >= 15 is 0 Å². The van der Waals surface area contributed by atoms with Crippen LogP contribution in [0.1, 0.15) is 39.7 Å². The minimum Gasteiger partial charge on any atom is -0.481 e. The zero-order chi connectivity index (χ0) is 16.3. The maximum atomic E-state index is 11.0. The molecule has 0 spiro atoms. The molecular weight excluding hydrogens is 276 g/mol. The Morgan fingerprint density at radius 3 is 2.14 bits per heavy atom. The van der Waals surface area contributed by atoms with E-state index < -0.39 is 5.97 Å². The number of hydrogen-bond acceptors (Lipinski definition) is 3. The first kappa shape index (κ1) is 16.8. The summed E-state index contributed by atoms with van der Waals surface area (Å²) in [5.41, 5.74) is 1.98. The quantitative estimate of drug-likeness (QED) is 0.908. The maximum Gasteiger partial charge on any atom is 0.304 e. The Morgan fingerprint density at radius 2 is 1.68 bits per heavy atom. The van der Waals surface area contributed by atoms with E-state index in [0.29, 0.717) is 6.04 Å². The number of carboxylic acids is 1. The van der Waals surface area contributed by atoms with E-state index in [0.717, 1.165) is 31.7 Å². The van der Waals surface area contributed by atoms with Gasteiger partial charge in [-0.25, -0.2) is 0 Å². The molecule has 22 heavy (non-hydrogen) atoms. The van der Waals surface area contributed by atoms with Gasteiger partial charge in [0.25, 0.3) is 0 Å². The number of anilines is 1. The summed E-state index contributed by atoms with van der Waals surface area (Å²) in [6.45, 7) is 12.8. The Labute approximate surface area is 133 Å². The Balaban J connectivity index is 2.02. The van der Waals surface area contributed by atoms with Crippen molar-refractivity contribution in [2.75, 3.05) is 31.1 Å². The fourth-order valence-corrected chi connectivity index (χ4v) is 3.10. The van der Waals surface area contributed by atoms with Gasteiger partial charge < -0.3 is 10.0 Å². The van der Waals surface area contributed by atoms with Gasteiger partial charge in [0.05, 0.1) is 6.42 Å². The number of rotatable bonds is 5. The third-order valence-electron chi connectivity index (χ3n) is 4.65. The van der Waals surface area contributed by atoms with Crippen molar-refractivity contribution in [2.45, 2.75) is 45.6 Å². The molecule has 1 saturated heterocycles. The highest BCUT2D eigenvalue weighted by Crippen LogP contribution is 2.29. The van der Waals surface area contributed by atoms with Gasteiger partial charge in [-0.15, -0.1) is 0 Å². The molecule has 1 heterocycles. The molecule has 0 amide bonds. The van der Waals surface area contributed by atoms with Crippen molar-refractivity contribution >= 4 is 11.7 Å². The van der Waals surface area contributed by atoms with E-state index in [9.17, 15) is 4.79 Å². The van der Waals surface area contributed by atoms with Gasteiger partial charge in [0.2, 0.25) is 0 Å². The SMILES string of the molecule is CC(C)N1CCN(c2ccc(C(C)(C)CC(=O)O)cc2)CC1. The molecule has 1 aromatic rings. The zero-order valence-corrected chi connectivity index (χ0v) is 14.2. The summed E-state index contributed by atoms with van der Waals surface area (Å²) < 4.78 is 0. The molecule has 1 aromatic carbocycles. The molecule has 0 bridgehead atoms. The Bertz CT molecular complexity index is 500. The summed E-state index contributed by atoms with van der Waals surface area (Å²) in [5, 5.41) is 9.03. The molecule has 122 valence electrons. The summed E-state index contributed by atoms with van der Waals surface area (Å²) in [6, 6.07) is 9.02. The fraction of sp³-hybridized carbons (Fsp3) is 0.611. The van der Waals surface area contributed by atoms with Gasteiger partial charge in [0, 0.05) is 43.3 Å². The third kappa shape index (κ3) is 4.01. The minimum absolute atomic E-state index is 0.152. The van der Waals surface area contributed by atoms with Gasteiger partial charge >= 0.3 is 5.97 Å². The summed E-state index contributed by atoms with van der Waals surface area (Å²) in [6.07, 6.45) is 0.152. The second-order valence-corrected chi connectivity index (χ2v) is 7.12. The predicted octanol–water partition coefficient (Wildman–Crippen LogP) is 2.97. The first-order valence-corrected chi connectivity index (χ1v) is 8.11. The van der Waals surface area contributed by atoms with Gasteiger partial charge in [-0.3, -0.25) is 9.69 Å². The number of carbonyl (C=O) groups is 1. The number of hydrogen-bond donors (Lipinski definition) is 1. The predicted molar refractivity (Wildman–Crippen MR) is 90.6 cm³/mol. The van der Waals surface area contributed by atoms with Crippen LogP contribution in [0.4, 0.5) is 5.69 Å². The standard InChI is InChI=1S/C18H28N2O2/c1-14(2)19-9-11-20(12-10-19)16-7-5-15(6-8-16)18(3,4)13-17(21)22/h5-8,14H,9-13H2,1-4H3,(H,21,22). The van der Waals surface area contributed by atoms with Crippen molar-refractivity contribution in [3.63, 3.8) is 0 Å². The van der Waals surface area contributed by atoms with Gasteiger partial charge in [-0.1, -0.05) is 26.0 Å². The lowest BCUT2D eigenvalue weighted by Gasteiger charge is -2.38. The van der Waals surface area contributed by atoms with Gasteiger partial charge in [0.1, 0.15) is 0 Å². The van der Waals surface area contributed by atoms with E-state index in [2.05, 4.69) is 47.9 Å². The minimum atomic E-state index is -0.751. The van der Waals surface area contributed by atoms with Crippen molar-refractivity contribution in [1.82, 2.24) is 4.90 Å². The van der Waals surface area contributed by atoms with E-state index in [1.807, 2.05) is 13.8 Å². The molecule has 0 atom stereocenters. The van der Waals surface area contributed by atoms with Crippen LogP contribution in [0.15, 0.2) is 24.3 Å². The fourth-order valence-electron chi connectivity index (χ4n) is 3.10. The number of nitrogens with zero attached hydrogens (tertiary/aromatic N) is 2. The van der Waals surface area contributed by atoms with Crippen molar-refractivity contribution in [3.05, 3.63) is 29.8 Å². The first-order valence-electron chi connectivity index (χ1n) is 8.11. The van der Waals surface area contributed by atoms with Gasteiger partial charge in [-0.05, 0) is 31.5 Å². The number of benzene rings is 1. The lowest BCUT2D eigenvalue weighted by molar-refractivity contribution is -0.138. The molecule has 1 fully saturated rings. The molecule has 0 radical (unpaired) electrons. The monoisotopic (exact) mass is 304 g/mol. The van der Waals surface area contributed by atoms with E-state index in [4.69, 9.17) is 5.11 Å². The van der Waals surface area contributed by atoms with Crippen LogP contribution in [-0.2, 0) is 10.2 Å². The van der Waals surface area contributed by atoms with Crippen LogP contribution in [0.5, 0.6) is 0 Å². The maximum absolute atomic E-state index is 11.0. The van der Waals surface area contributed by atoms with Crippen molar-refractivity contribution in [1.29, 1.82) is 0 Å². The topological polar surface area (TPSA) is 43.8 Å². The molecular formula is C18H28N2O2. The Hall–Kier alpha value is -1.55. The second-order valence-electron chi connectivity index (χ2n) is 7.12. The third-order valence-corrected chi connectivity index (χ3v) is 4.65. The number of carboxylic acid groups (broad SMARTS) is 1. The first-order chi connectivity index (χ1) is 10.3. The smallest absolute Gasteiger partial charge is 0.304 e. The molecule has 2 rings (SSSR count). The van der Waals surface area contributed by atoms with Crippen LogP contribution >= 0.6 is 0 Å². The normalized spacial score (nSPS) is 17.0. The summed E-state index contributed by atoms with van der Waals surface area (Å²) in [7, 11) is 0. The van der Waals surface area contributed by atoms with Crippen LogP contribution < -0.4 is 4.90 Å². The molecule has 4 heteroatoms. The molecule has 0 aliphatic carbocycles. The molecule has 4 nitrogen and oxygen atoms in total. The van der Waals surface area contributed by atoms with Gasteiger partial charge in [0.15, 0.2) is 0 Å². The lowest BCUT2D eigenvalue weighted by Crippen LogP contribution is -2.48. The van der Waals surface area contributed by atoms with Crippen LogP contribution in [-0.4, -0.2) is 48.2 Å².